The number of methoxy groups -OCH3 is 1. The molecule has 26 heavy (non-hydrogen) atoms. The summed E-state index contributed by atoms with van der Waals surface area (Å²) in [6.07, 6.45) is 0. The molecular weight excluding hydrogens is 399 g/mol. The van der Waals surface area contributed by atoms with Crippen LogP contribution in [0.2, 0.25) is 0 Å². The van der Waals surface area contributed by atoms with Crippen molar-refractivity contribution < 1.29 is 13.9 Å². The van der Waals surface area contributed by atoms with E-state index in [1.165, 1.54) is 13.2 Å². The average molecular weight is 423 g/mol. The molecule has 4 nitrogen and oxygen atoms in total. The Bertz CT molecular complexity index is 737. The predicted molar refractivity (Wildman–Crippen MR) is 105 cm³/mol. The highest BCUT2D eigenvalue weighted by atomic mass is 79.9. The molecule has 1 N–H and O–H groups in total. The third-order valence-corrected chi connectivity index (χ3v) is 4.71. The van der Waals surface area contributed by atoms with Gasteiger partial charge in [-0.05, 0) is 48.9 Å². The molecule has 2 aromatic rings. The van der Waals surface area contributed by atoms with Gasteiger partial charge in [0.1, 0.15) is 0 Å². The number of nitrogens with one attached hydrogen (secondary N) is 1. The largest absolute Gasteiger partial charge is 0.494 e. The highest BCUT2D eigenvalue weighted by Gasteiger charge is 2.14. The smallest absolute Gasteiger partial charge is 0.234 e. The van der Waals surface area contributed by atoms with Gasteiger partial charge in [0, 0.05) is 11.0 Å². The number of benzene rings is 2. The van der Waals surface area contributed by atoms with Gasteiger partial charge in [0.2, 0.25) is 5.91 Å². The number of halogens is 2. The van der Waals surface area contributed by atoms with Crippen molar-refractivity contribution in [2.75, 3.05) is 20.2 Å². The molecule has 2 rings (SSSR count). The van der Waals surface area contributed by atoms with Crippen LogP contribution in [-0.2, 0) is 11.3 Å². The van der Waals surface area contributed by atoms with Gasteiger partial charge in [-0.25, -0.2) is 4.39 Å². The Morgan fingerprint density at radius 2 is 1.96 bits per heavy atom. The third-order valence-electron chi connectivity index (χ3n) is 4.18. The summed E-state index contributed by atoms with van der Waals surface area (Å²) in [4.78, 5) is 14.3. The van der Waals surface area contributed by atoms with E-state index in [1.54, 1.807) is 6.07 Å². The van der Waals surface area contributed by atoms with Crippen molar-refractivity contribution in [3.63, 3.8) is 0 Å². The Labute approximate surface area is 162 Å². The molecule has 0 heterocycles. The van der Waals surface area contributed by atoms with Crippen molar-refractivity contribution >= 4 is 21.8 Å². The zero-order chi connectivity index (χ0) is 19.1. The zero-order valence-electron chi connectivity index (χ0n) is 15.3. The quantitative estimate of drug-likeness (QED) is 0.689. The van der Waals surface area contributed by atoms with E-state index in [0.717, 1.165) is 15.6 Å². The molecule has 0 saturated carbocycles. The van der Waals surface area contributed by atoms with E-state index in [2.05, 4.69) is 21.2 Å². The van der Waals surface area contributed by atoms with E-state index in [0.29, 0.717) is 13.1 Å². The normalized spacial score (nSPS) is 12.1. The maximum absolute atomic E-state index is 13.8. The number of amides is 1. The summed E-state index contributed by atoms with van der Waals surface area (Å²) in [7, 11) is 1.44. The van der Waals surface area contributed by atoms with Crippen LogP contribution in [0.3, 0.4) is 0 Å². The summed E-state index contributed by atoms with van der Waals surface area (Å²) in [5.74, 6) is -0.233. The van der Waals surface area contributed by atoms with Crippen LogP contribution in [0.4, 0.5) is 4.39 Å². The van der Waals surface area contributed by atoms with E-state index in [9.17, 15) is 9.18 Å². The Hall–Kier alpha value is -1.92. The van der Waals surface area contributed by atoms with Crippen molar-refractivity contribution in [1.29, 1.82) is 0 Å². The second-order valence-corrected chi connectivity index (χ2v) is 7.03. The molecule has 6 heteroatoms. The van der Waals surface area contributed by atoms with Gasteiger partial charge in [-0.2, -0.15) is 0 Å². The molecule has 1 atom stereocenters. The average Bonchev–Trinajstić information content (AvgIpc) is 2.61. The van der Waals surface area contributed by atoms with Crippen LogP contribution in [0, 0.1) is 5.82 Å². The molecule has 0 aromatic heterocycles. The summed E-state index contributed by atoms with van der Waals surface area (Å²) in [5.41, 5.74) is 1.85. The number of carbonyl (C=O) groups excluding carboxylic acids is 1. The Morgan fingerprint density at radius 3 is 2.54 bits per heavy atom. The van der Waals surface area contributed by atoms with Crippen LogP contribution in [0.1, 0.15) is 31.0 Å². The van der Waals surface area contributed by atoms with E-state index >= 15 is 0 Å². The summed E-state index contributed by atoms with van der Waals surface area (Å²) in [5, 5.41) is 3.01. The van der Waals surface area contributed by atoms with Crippen molar-refractivity contribution in [1.82, 2.24) is 10.2 Å². The highest BCUT2D eigenvalue weighted by molar-refractivity contribution is 9.10. The number of ether oxygens (including phenoxy) is 1. The molecule has 0 saturated heterocycles. The van der Waals surface area contributed by atoms with Gasteiger partial charge in [0.25, 0.3) is 0 Å². The first kappa shape index (κ1) is 20.4. The first-order chi connectivity index (χ1) is 12.4. The molecule has 140 valence electrons. The van der Waals surface area contributed by atoms with Gasteiger partial charge in [0.15, 0.2) is 11.6 Å². The van der Waals surface area contributed by atoms with Crippen LogP contribution >= 0.6 is 15.9 Å². The minimum Gasteiger partial charge on any atom is -0.494 e. The van der Waals surface area contributed by atoms with E-state index in [4.69, 9.17) is 4.74 Å². The minimum absolute atomic E-state index is 0.0590. The first-order valence-electron chi connectivity index (χ1n) is 8.52. The lowest BCUT2D eigenvalue weighted by Gasteiger charge is -2.22. The van der Waals surface area contributed by atoms with Crippen molar-refractivity contribution in [3.8, 4) is 5.75 Å². The van der Waals surface area contributed by atoms with Crippen LogP contribution in [-0.4, -0.2) is 31.0 Å². The molecule has 0 aliphatic rings. The number of hydrogen-bond donors (Lipinski definition) is 1. The minimum atomic E-state index is -0.394. The van der Waals surface area contributed by atoms with Gasteiger partial charge in [-0.15, -0.1) is 0 Å². The topological polar surface area (TPSA) is 41.6 Å². The maximum Gasteiger partial charge on any atom is 0.234 e. The zero-order valence-corrected chi connectivity index (χ0v) is 16.8. The van der Waals surface area contributed by atoms with Crippen molar-refractivity contribution in [2.24, 2.45) is 0 Å². The summed E-state index contributed by atoms with van der Waals surface area (Å²) < 4.78 is 19.8. The SMILES string of the molecule is CCN(CC(=O)N[C@H](C)c1ccc(Br)cc1)Cc1ccc(OC)c(F)c1. The molecule has 1 amide bonds. The van der Waals surface area contributed by atoms with E-state index in [1.807, 2.05) is 49.1 Å². The lowest BCUT2D eigenvalue weighted by molar-refractivity contribution is -0.123. The van der Waals surface area contributed by atoms with Gasteiger partial charge in [-0.1, -0.05) is 41.1 Å². The van der Waals surface area contributed by atoms with Gasteiger partial charge in [0.05, 0.1) is 19.7 Å². The van der Waals surface area contributed by atoms with Crippen molar-refractivity contribution in [2.45, 2.75) is 26.4 Å². The lowest BCUT2D eigenvalue weighted by Crippen LogP contribution is -2.38. The fourth-order valence-corrected chi connectivity index (χ4v) is 2.94. The fourth-order valence-electron chi connectivity index (χ4n) is 2.67. The molecule has 0 bridgehead atoms. The highest BCUT2D eigenvalue weighted by Crippen LogP contribution is 2.19. The molecule has 2 aromatic carbocycles. The second-order valence-electron chi connectivity index (χ2n) is 6.11. The molecular formula is C20H24BrFN2O2. The molecule has 0 aliphatic heterocycles. The summed E-state index contributed by atoms with van der Waals surface area (Å²) in [6, 6.07) is 12.7. The lowest BCUT2D eigenvalue weighted by atomic mass is 10.1. The van der Waals surface area contributed by atoms with Crippen LogP contribution in [0.5, 0.6) is 5.75 Å². The fraction of sp³-hybridized carbons (Fsp3) is 0.350. The number of nitrogens with zero attached hydrogens (tertiary/aromatic N) is 1. The van der Waals surface area contributed by atoms with Gasteiger partial charge in [-0.3, -0.25) is 9.69 Å². The Kier molecular flexibility index (Phi) is 7.60. The number of rotatable bonds is 8. The van der Waals surface area contributed by atoms with Crippen LogP contribution < -0.4 is 10.1 Å². The Balaban J connectivity index is 1.93. The van der Waals surface area contributed by atoms with Crippen molar-refractivity contribution in [3.05, 3.63) is 63.9 Å². The monoisotopic (exact) mass is 422 g/mol. The van der Waals surface area contributed by atoms with E-state index < -0.39 is 5.82 Å². The third kappa shape index (κ3) is 5.81. The molecule has 0 radical (unpaired) electrons. The van der Waals surface area contributed by atoms with Gasteiger partial charge >= 0.3 is 0 Å². The first-order valence-corrected chi connectivity index (χ1v) is 9.31. The van der Waals surface area contributed by atoms with E-state index in [-0.39, 0.29) is 24.2 Å². The predicted octanol–water partition coefficient (Wildman–Crippen LogP) is 4.30. The standard InChI is InChI=1S/C20H24BrFN2O2/c1-4-24(12-15-5-10-19(26-3)18(22)11-15)13-20(25)23-14(2)16-6-8-17(21)9-7-16/h5-11,14H,4,12-13H2,1-3H3,(H,23,25)/t14-/m1/s1. The number of hydrogen-bond acceptors (Lipinski definition) is 3. The molecule has 0 aliphatic carbocycles. The number of carbonyl (C=O) groups is 1. The Morgan fingerprint density at radius 1 is 1.27 bits per heavy atom. The molecule has 0 fully saturated rings. The van der Waals surface area contributed by atoms with Gasteiger partial charge < -0.3 is 10.1 Å². The summed E-state index contributed by atoms with van der Waals surface area (Å²) >= 11 is 3.40. The second kappa shape index (κ2) is 9.69. The number of likely N-dealkylation sites (N-methyl/N-ethyl adjacent to an activating group) is 1. The van der Waals surface area contributed by atoms with Crippen LogP contribution in [0.25, 0.3) is 0 Å². The maximum atomic E-state index is 13.8. The van der Waals surface area contributed by atoms with Crippen LogP contribution in [0.15, 0.2) is 46.9 Å². The summed E-state index contributed by atoms with van der Waals surface area (Å²) in [6.45, 7) is 5.37. The molecule has 0 unspecified atom stereocenters. The molecule has 0 spiro atoms.